The summed E-state index contributed by atoms with van der Waals surface area (Å²) < 4.78 is 40.2. The molecular weight excluding hydrogens is 390 g/mol. The maximum absolute atomic E-state index is 12.9. The second-order valence-electron chi connectivity index (χ2n) is 5.62. The Morgan fingerprint density at radius 2 is 1.72 bits per heavy atom. The monoisotopic (exact) mass is 402 g/mol. The van der Waals surface area contributed by atoms with E-state index in [0.717, 1.165) is 18.9 Å². The van der Waals surface area contributed by atoms with Crippen molar-refractivity contribution in [1.29, 1.82) is 0 Å². The molecule has 1 amide bonds. The quantitative estimate of drug-likeness (QED) is 0.797. The molecule has 1 aliphatic rings. The molecule has 0 aliphatic heterocycles. The van der Waals surface area contributed by atoms with Crippen molar-refractivity contribution < 1.29 is 17.6 Å². The van der Waals surface area contributed by atoms with E-state index >= 15 is 0 Å². The fraction of sp³-hybridized carbons (Fsp3) is 0.188. The summed E-state index contributed by atoms with van der Waals surface area (Å²) in [5.74, 6) is -1.07. The number of amides is 1. The highest BCUT2D eigenvalue weighted by molar-refractivity contribution is 7.89. The van der Waals surface area contributed by atoms with Crippen molar-refractivity contribution in [3.63, 3.8) is 0 Å². The molecule has 0 bridgehead atoms. The second-order valence-corrected chi connectivity index (χ2v) is 8.12. The summed E-state index contributed by atoms with van der Waals surface area (Å²) in [4.78, 5) is 12.2. The number of hydrogen-bond acceptors (Lipinski definition) is 3. The van der Waals surface area contributed by atoms with Gasteiger partial charge in [0, 0.05) is 11.7 Å². The second kappa shape index (κ2) is 6.92. The number of halogens is 3. The normalized spacial score (nSPS) is 14.4. The fourth-order valence-corrected chi connectivity index (χ4v) is 4.29. The highest BCUT2D eigenvalue weighted by Gasteiger charge is 2.30. The lowest BCUT2D eigenvalue weighted by Crippen LogP contribution is -2.26. The third-order valence-electron chi connectivity index (χ3n) is 3.56. The predicted molar refractivity (Wildman–Crippen MR) is 94.2 cm³/mol. The van der Waals surface area contributed by atoms with Gasteiger partial charge in [0.2, 0.25) is 10.0 Å². The first-order chi connectivity index (χ1) is 11.8. The van der Waals surface area contributed by atoms with Crippen LogP contribution in [0.2, 0.25) is 10.0 Å². The molecule has 1 fully saturated rings. The molecule has 5 nitrogen and oxygen atoms in total. The average Bonchev–Trinajstić information content (AvgIpc) is 3.32. The van der Waals surface area contributed by atoms with E-state index < -0.39 is 21.7 Å². The van der Waals surface area contributed by atoms with Crippen LogP contribution in [0.4, 0.5) is 10.1 Å². The van der Waals surface area contributed by atoms with Crippen LogP contribution in [0, 0.1) is 5.82 Å². The van der Waals surface area contributed by atoms with E-state index in [9.17, 15) is 17.6 Å². The average molecular weight is 403 g/mol. The minimum absolute atomic E-state index is 0.00924. The fourth-order valence-electron chi connectivity index (χ4n) is 2.12. The van der Waals surface area contributed by atoms with Crippen LogP contribution >= 0.6 is 23.2 Å². The van der Waals surface area contributed by atoms with Gasteiger partial charge in [-0.3, -0.25) is 4.79 Å². The van der Waals surface area contributed by atoms with Gasteiger partial charge in [0.25, 0.3) is 5.91 Å². The van der Waals surface area contributed by atoms with Gasteiger partial charge >= 0.3 is 0 Å². The molecule has 0 saturated heterocycles. The Bertz CT molecular complexity index is 929. The van der Waals surface area contributed by atoms with Crippen molar-refractivity contribution in [3.05, 3.63) is 57.8 Å². The van der Waals surface area contributed by atoms with Gasteiger partial charge in [-0.25, -0.2) is 17.5 Å². The SMILES string of the molecule is O=C(Nc1ccc(F)cc1)c1cc(S(=O)(=O)NC2CC2)c(Cl)cc1Cl. The largest absolute Gasteiger partial charge is 0.322 e. The van der Waals surface area contributed by atoms with Crippen LogP contribution in [0.1, 0.15) is 23.2 Å². The minimum Gasteiger partial charge on any atom is -0.322 e. The number of rotatable bonds is 5. The number of carbonyl (C=O) groups excluding carboxylic acids is 1. The molecular formula is C16H13Cl2FN2O3S. The lowest BCUT2D eigenvalue weighted by molar-refractivity contribution is 0.102. The van der Waals surface area contributed by atoms with Crippen LogP contribution in [0.5, 0.6) is 0 Å². The topological polar surface area (TPSA) is 75.3 Å². The van der Waals surface area contributed by atoms with E-state index in [2.05, 4.69) is 10.0 Å². The number of carbonyl (C=O) groups is 1. The van der Waals surface area contributed by atoms with Crippen molar-refractivity contribution in [2.75, 3.05) is 5.32 Å². The maximum atomic E-state index is 12.9. The summed E-state index contributed by atoms with van der Waals surface area (Å²) in [6.07, 6.45) is 1.53. The molecule has 2 aromatic carbocycles. The Morgan fingerprint density at radius 3 is 2.32 bits per heavy atom. The van der Waals surface area contributed by atoms with Crippen molar-refractivity contribution in [1.82, 2.24) is 4.72 Å². The lowest BCUT2D eigenvalue weighted by Gasteiger charge is -2.12. The summed E-state index contributed by atoms with van der Waals surface area (Å²) in [6, 6.07) is 7.38. The van der Waals surface area contributed by atoms with Crippen LogP contribution in [0.15, 0.2) is 41.3 Å². The van der Waals surface area contributed by atoms with Gasteiger partial charge in [0.15, 0.2) is 0 Å². The first-order valence-electron chi connectivity index (χ1n) is 7.34. The van der Waals surface area contributed by atoms with Crippen LogP contribution in [-0.2, 0) is 10.0 Å². The smallest absolute Gasteiger partial charge is 0.257 e. The zero-order valence-corrected chi connectivity index (χ0v) is 15.1. The van der Waals surface area contributed by atoms with E-state index in [0.29, 0.717) is 5.69 Å². The summed E-state index contributed by atoms with van der Waals surface area (Å²) in [7, 11) is -3.85. The first kappa shape index (κ1) is 18.1. The molecule has 2 aromatic rings. The summed E-state index contributed by atoms with van der Waals surface area (Å²) in [6.45, 7) is 0. The Hall–Kier alpha value is -1.67. The Kier molecular flexibility index (Phi) is 5.02. The zero-order valence-electron chi connectivity index (χ0n) is 12.7. The standard InChI is InChI=1S/C16H13Cl2FN2O3S/c17-13-8-14(18)15(25(23,24)21-11-5-6-11)7-12(13)16(22)20-10-3-1-9(19)2-4-10/h1-4,7-8,11,21H,5-6H2,(H,20,22). The Balaban J connectivity index is 1.91. The number of sulfonamides is 1. The first-order valence-corrected chi connectivity index (χ1v) is 9.58. The van der Waals surface area contributed by atoms with Crippen LogP contribution in [0.25, 0.3) is 0 Å². The molecule has 0 atom stereocenters. The molecule has 0 unspecified atom stereocenters. The van der Waals surface area contributed by atoms with E-state index in [1.807, 2.05) is 0 Å². The summed E-state index contributed by atoms with van der Waals surface area (Å²) in [5, 5.41) is 2.47. The third kappa shape index (κ3) is 4.30. The van der Waals surface area contributed by atoms with Crippen molar-refractivity contribution >= 4 is 44.8 Å². The number of hydrogen-bond donors (Lipinski definition) is 2. The summed E-state index contributed by atoms with van der Waals surface area (Å²) in [5.41, 5.74) is 0.296. The zero-order chi connectivity index (χ0) is 18.2. The van der Waals surface area contributed by atoms with Gasteiger partial charge in [-0.2, -0.15) is 0 Å². The van der Waals surface area contributed by atoms with Crippen LogP contribution < -0.4 is 10.0 Å². The molecule has 1 saturated carbocycles. The van der Waals surface area contributed by atoms with Gasteiger partial charge in [-0.1, -0.05) is 23.2 Å². The molecule has 1 aliphatic carbocycles. The Morgan fingerprint density at radius 1 is 1.08 bits per heavy atom. The highest BCUT2D eigenvalue weighted by atomic mass is 35.5. The number of nitrogens with one attached hydrogen (secondary N) is 2. The molecule has 2 N–H and O–H groups in total. The van der Waals surface area contributed by atoms with E-state index in [1.54, 1.807) is 0 Å². The molecule has 0 heterocycles. The number of anilines is 1. The van der Waals surface area contributed by atoms with Gasteiger partial charge in [-0.15, -0.1) is 0 Å². The molecule has 0 aromatic heterocycles. The van der Waals surface area contributed by atoms with Crippen LogP contribution in [-0.4, -0.2) is 20.4 Å². The molecule has 9 heteroatoms. The lowest BCUT2D eigenvalue weighted by atomic mass is 10.2. The van der Waals surface area contributed by atoms with E-state index in [1.165, 1.54) is 30.3 Å². The van der Waals surface area contributed by atoms with Gasteiger partial charge in [0.1, 0.15) is 10.7 Å². The molecule has 0 spiro atoms. The van der Waals surface area contributed by atoms with Gasteiger partial charge in [0.05, 0.1) is 15.6 Å². The van der Waals surface area contributed by atoms with Crippen molar-refractivity contribution in [2.24, 2.45) is 0 Å². The number of benzene rings is 2. The van der Waals surface area contributed by atoms with Crippen molar-refractivity contribution in [3.8, 4) is 0 Å². The van der Waals surface area contributed by atoms with Crippen LogP contribution in [0.3, 0.4) is 0 Å². The molecule has 0 radical (unpaired) electrons. The minimum atomic E-state index is -3.85. The van der Waals surface area contributed by atoms with E-state index in [-0.39, 0.29) is 26.5 Å². The molecule has 3 rings (SSSR count). The maximum Gasteiger partial charge on any atom is 0.257 e. The predicted octanol–water partition coefficient (Wildman–Crippen LogP) is 3.83. The Labute approximate surface area is 154 Å². The van der Waals surface area contributed by atoms with Gasteiger partial charge < -0.3 is 5.32 Å². The molecule has 25 heavy (non-hydrogen) atoms. The third-order valence-corrected chi connectivity index (χ3v) is 5.85. The summed E-state index contributed by atoms with van der Waals surface area (Å²) >= 11 is 12.0. The van der Waals surface area contributed by atoms with Gasteiger partial charge in [-0.05, 0) is 49.2 Å². The van der Waals surface area contributed by atoms with Crippen molar-refractivity contribution in [2.45, 2.75) is 23.8 Å². The highest BCUT2D eigenvalue weighted by Crippen LogP contribution is 2.31. The van der Waals surface area contributed by atoms with E-state index in [4.69, 9.17) is 23.2 Å². The molecule has 132 valence electrons.